The van der Waals surface area contributed by atoms with Crippen molar-refractivity contribution in [3.8, 4) is 11.5 Å². The first-order valence-corrected chi connectivity index (χ1v) is 10.2. The van der Waals surface area contributed by atoms with Gasteiger partial charge in [0.1, 0.15) is 11.5 Å². The predicted molar refractivity (Wildman–Crippen MR) is 121 cm³/mol. The van der Waals surface area contributed by atoms with Crippen LogP contribution < -0.4 is 5.43 Å². The highest BCUT2D eigenvalue weighted by molar-refractivity contribution is 5.84. The third-order valence-electron chi connectivity index (χ3n) is 6.20. The second-order valence-corrected chi connectivity index (χ2v) is 9.27. The highest BCUT2D eigenvalue weighted by atomic mass is 16.3. The monoisotopic (exact) mass is 392 g/mol. The van der Waals surface area contributed by atoms with E-state index in [1.54, 1.807) is 6.07 Å². The summed E-state index contributed by atoms with van der Waals surface area (Å²) >= 11 is 0. The Labute approximate surface area is 174 Å². The molecule has 0 heterocycles. The summed E-state index contributed by atoms with van der Waals surface area (Å²) in [5, 5.41) is 23.5. The lowest BCUT2D eigenvalue weighted by Gasteiger charge is -2.42. The predicted octanol–water partition coefficient (Wildman–Crippen LogP) is 5.60. The summed E-state index contributed by atoms with van der Waals surface area (Å²) < 4.78 is 0. The molecule has 29 heavy (non-hydrogen) atoms. The Balaban J connectivity index is 1.91. The number of phenols is 2. The van der Waals surface area contributed by atoms with Crippen LogP contribution in [0, 0.1) is 0 Å². The molecule has 0 fully saturated rings. The van der Waals surface area contributed by atoms with Gasteiger partial charge >= 0.3 is 0 Å². The number of hydrogen-bond donors (Lipinski definition) is 3. The number of benzene rings is 2. The first kappa shape index (κ1) is 21.0. The van der Waals surface area contributed by atoms with Crippen LogP contribution in [-0.4, -0.2) is 16.4 Å². The Morgan fingerprint density at radius 3 is 2.28 bits per heavy atom. The van der Waals surface area contributed by atoms with Crippen molar-refractivity contribution in [2.75, 3.05) is 0 Å². The average molecular weight is 393 g/mol. The molecule has 2 aromatic rings. The van der Waals surface area contributed by atoms with E-state index in [4.69, 9.17) is 0 Å². The molecule has 0 saturated heterocycles. The van der Waals surface area contributed by atoms with Crippen molar-refractivity contribution < 1.29 is 10.2 Å². The minimum atomic E-state index is -0.0202. The maximum absolute atomic E-state index is 9.89. The lowest BCUT2D eigenvalue weighted by molar-refractivity contribution is 0.331. The molecule has 0 aromatic heterocycles. The van der Waals surface area contributed by atoms with E-state index in [1.165, 1.54) is 41.5 Å². The summed E-state index contributed by atoms with van der Waals surface area (Å²) in [5.74, 6) is -0.00243. The molecule has 4 heteroatoms. The van der Waals surface area contributed by atoms with Crippen molar-refractivity contribution in [2.45, 2.75) is 64.7 Å². The number of aryl methyl sites for hydroxylation is 1. The Kier molecular flexibility index (Phi) is 5.48. The molecule has 0 aliphatic heterocycles. The molecule has 3 N–H and O–H groups in total. The minimum Gasteiger partial charge on any atom is -0.508 e. The van der Waals surface area contributed by atoms with E-state index >= 15 is 0 Å². The third kappa shape index (κ3) is 4.16. The van der Waals surface area contributed by atoms with E-state index in [2.05, 4.69) is 63.9 Å². The summed E-state index contributed by atoms with van der Waals surface area (Å²) in [6.45, 7) is 15.7. The van der Waals surface area contributed by atoms with E-state index in [0.717, 1.165) is 24.1 Å². The van der Waals surface area contributed by atoms with Crippen molar-refractivity contribution in [1.82, 2.24) is 5.43 Å². The Morgan fingerprint density at radius 1 is 1.07 bits per heavy atom. The fourth-order valence-electron chi connectivity index (χ4n) is 4.11. The van der Waals surface area contributed by atoms with Gasteiger partial charge in [0.15, 0.2) is 0 Å². The van der Waals surface area contributed by atoms with E-state index in [-0.39, 0.29) is 22.3 Å². The van der Waals surface area contributed by atoms with Gasteiger partial charge in [0.05, 0.1) is 11.9 Å². The number of rotatable bonds is 5. The van der Waals surface area contributed by atoms with Gasteiger partial charge in [-0.25, -0.2) is 0 Å². The van der Waals surface area contributed by atoms with Crippen LogP contribution in [0.15, 0.2) is 42.0 Å². The maximum Gasteiger partial charge on any atom is 0.128 e. The highest BCUT2D eigenvalue weighted by Crippen LogP contribution is 2.47. The fraction of sp³-hybridized carbons (Fsp3) is 0.400. The normalized spacial score (nSPS) is 17.1. The molecule has 1 aliphatic carbocycles. The molecule has 0 saturated carbocycles. The van der Waals surface area contributed by atoms with Crippen molar-refractivity contribution in [2.24, 2.45) is 5.10 Å². The van der Waals surface area contributed by atoms with Crippen LogP contribution in [-0.2, 0) is 17.3 Å². The van der Waals surface area contributed by atoms with Gasteiger partial charge in [-0.05, 0) is 65.0 Å². The van der Waals surface area contributed by atoms with Crippen LogP contribution in [0.4, 0.5) is 0 Å². The van der Waals surface area contributed by atoms with Crippen molar-refractivity contribution in [3.05, 3.63) is 64.7 Å². The number of hydrogen-bond acceptors (Lipinski definition) is 4. The van der Waals surface area contributed by atoms with Gasteiger partial charge in [-0.1, -0.05) is 47.3 Å². The summed E-state index contributed by atoms with van der Waals surface area (Å²) in [5.41, 5.74) is 9.77. The van der Waals surface area contributed by atoms with Gasteiger partial charge in [-0.15, -0.1) is 0 Å². The molecule has 154 valence electrons. The number of aromatic hydroxyl groups is 2. The molecule has 1 aliphatic rings. The molecule has 2 aromatic carbocycles. The molecular weight excluding hydrogens is 360 g/mol. The standard InChI is InChI=1S/C25H32N2O2/c1-7-17-12-21-22(25(5,6)11-10-24(21,3)4)14-20(17)16(2)27-26-15-18-8-9-19(28)13-23(18)29/h8-9,12-15,27-29H,2,7,10-11H2,1,3-6H3/b26-15+. The molecule has 0 bridgehead atoms. The summed E-state index contributed by atoms with van der Waals surface area (Å²) in [6, 6.07) is 9.06. The second kappa shape index (κ2) is 7.58. The fourth-order valence-corrected chi connectivity index (χ4v) is 4.11. The van der Waals surface area contributed by atoms with Gasteiger partial charge in [0, 0.05) is 17.2 Å². The Bertz CT molecular complexity index is 971. The van der Waals surface area contributed by atoms with E-state index in [1.807, 2.05) is 0 Å². The van der Waals surface area contributed by atoms with Crippen molar-refractivity contribution in [1.29, 1.82) is 0 Å². The average Bonchev–Trinajstić information content (AvgIpc) is 2.66. The van der Waals surface area contributed by atoms with Crippen molar-refractivity contribution >= 4 is 11.9 Å². The van der Waals surface area contributed by atoms with Crippen molar-refractivity contribution in [3.63, 3.8) is 0 Å². The molecule has 0 radical (unpaired) electrons. The zero-order chi connectivity index (χ0) is 21.4. The Hall–Kier alpha value is -2.75. The van der Waals surface area contributed by atoms with Crippen LogP contribution in [0.25, 0.3) is 5.70 Å². The van der Waals surface area contributed by atoms with Crippen LogP contribution in [0.3, 0.4) is 0 Å². The van der Waals surface area contributed by atoms with Gasteiger partial charge in [0.25, 0.3) is 0 Å². The maximum atomic E-state index is 9.89. The van der Waals surface area contributed by atoms with E-state index in [0.29, 0.717) is 5.56 Å². The molecular formula is C25H32N2O2. The third-order valence-corrected chi connectivity index (χ3v) is 6.20. The van der Waals surface area contributed by atoms with Gasteiger partial charge < -0.3 is 10.2 Å². The van der Waals surface area contributed by atoms with Gasteiger partial charge in [-0.2, -0.15) is 5.10 Å². The quantitative estimate of drug-likeness (QED) is 0.458. The summed E-state index contributed by atoms with van der Waals surface area (Å²) in [4.78, 5) is 0. The molecule has 0 unspecified atom stereocenters. The number of hydrazone groups is 1. The zero-order valence-electron chi connectivity index (χ0n) is 18.1. The smallest absolute Gasteiger partial charge is 0.128 e. The van der Waals surface area contributed by atoms with E-state index < -0.39 is 0 Å². The summed E-state index contributed by atoms with van der Waals surface area (Å²) in [6.07, 6.45) is 4.80. The number of nitrogens with zero attached hydrogens (tertiary/aromatic N) is 1. The zero-order valence-corrected chi connectivity index (χ0v) is 18.1. The van der Waals surface area contributed by atoms with Crippen LogP contribution in [0.1, 0.15) is 75.3 Å². The molecule has 0 atom stereocenters. The summed E-state index contributed by atoms with van der Waals surface area (Å²) in [7, 11) is 0. The number of phenolic OH excluding ortho intramolecular Hbond substituents is 2. The first-order valence-electron chi connectivity index (χ1n) is 10.2. The lowest BCUT2D eigenvalue weighted by atomic mass is 9.62. The molecule has 0 amide bonds. The van der Waals surface area contributed by atoms with Gasteiger partial charge in [-0.3, -0.25) is 5.43 Å². The Morgan fingerprint density at radius 2 is 1.69 bits per heavy atom. The number of nitrogens with one attached hydrogen (secondary N) is 1. The first-order chi connectivity index (χ1) is 13.5. The van der Waals surface area contributed by atoms with E-state index in [9.17, 15) is 10.2 Å². The number of fused-ring (bicyclic) bond motifs is 1. The molecule has 0 spiro atoms. The second-order valence-electron chi connectivity index (χ2n) is 9.27. The van der Waals surface area contributed by atoms with Gasteiger partial charge in [0.2, 0.25) is 0 Å². The SMILES string of the molecule is C=C(N/N=C/c1ccc(O)cc1O)c1cc2c(cc1CC)C(C)(C)CCC2(C)C. The minimum absolute atomic E-state index is 0.0178. The van der Waals surface area contributed by atoms with Crippen LogP contribution >= 0.6 is 0 Å². The lowest BCUT2D eigenvalue weighted by Crippen LogP contribution is -2.34. The largest absolute Gasteiger partial charge is 0.508 e. The van der Waals surface area contributed by atoms with Crippen LogP contribution in [0.2, 0.25) is 0 Å². The topological polar surface area (TPSA) is 64.9 Å². The van der Waals surface area contributed by atoms with Crippen LogP contribution in [0.5, 0.6) is 11.5 Å². The highest BCUT2D eigenvalue weighted by Gasteiger charge is 2.37. The molecule has 3 rings (SSSR count). The molecule has 4 nitrogen and oxygen atoms in total.